The van der Waals surface area contributed by atoms with E-state index in [1.54, 1.807) is 16.2 Å². The molecule has 7 heteroatoms. The van der Waals surface area contributed by atoms with Gasteiger partial charge in [-0.15, -0.1) is 11.3 Å². The van der Waals surface area contributed by atoms with Crippen molar-refractivity contribution in [3.05, 3.63) is 20.8 Å². The van der Waals surface area contributed by atoms with Gasteiger partial charge >= 0.3 is 12.0 Å². The summed E-state index contributed by atoms with van der Waals surface area (Å²) < 4.78 is 1.09. The first-order valence-electron chi connectivity index (χ1n) is 6.53. The third-order valence-corrected chi connectivity index (χ3v) is 5.00. The van der Waals surface area contributed by atoms with Crippen LogP contribution in [0.15, 0.2) is 15.9 Å². The third-order valence-electron chi connectivity index (χ3n) is 3.31. The van der Waals surface area contributed by atoms with E-state index in [4.69, 9.17) is 5.11 Å². The van der Waals surface area contributed by atoms with Crippen LogP contribution in [-0.4, -0.2) is 41.6 Å². The molecule has 1 aromatic heterocycles. The summed E-state index contributed by atoms with van der Waals surface area (Å²) in [5.74, 6) is -0.702. The summed E-state index contributed by atoms with van der Waals surface area (Å²) in [5, 5.41) is 11.6. The Labute approximate surface area is 130 Å². The predicted octanol–water partition coefficient (Wildman–Crippen LogP) is 2.56. The van der Waals surface area contributed by atoms with Crippen molar-refractivity contribution in [1.29, 1.82) is 0 Å². The topological polar surface area (TPSA) is 69.6 Å². The standard InChI is InChI=1S/C13H17BrN2O3S/c14-11-2-1-10(20-11)3-5-15-13(19)16-6-4-9(8-16)7-12(17)18/h1-2,9H,3-8H2,(H,15,19)(H,17,18). The SMILES string of the molecule is O=C(O)CC1CCN(C(=O)NCCc2ccc(Br)s2)C1. The van der Waals surface area contributed by atoms with E-state index in [-0.39, 0.29) is 18.4 Å². The lowest BCUT2D eigenvalue weighted by atomic mass is 10.1. The summed E-state index contributed by atoms with van der Waals surface area (Å²) in [6.45, 7) is 1.79. The van der Waals surface area contributed by atoms with Gasteiger partial charge in [-0.1, -0.05) is 0 Å². The number of rotatable bonds is 5. The molecular weight excluding hydrogens is 344 g/mol. The molecule has 1 fully saturated rings. The van der Waals surface area contributed by atoms with Crippen LogP contribution in [0.25, 0.3) is 0 Å². The summed E-state index contributed by atoms with van der Waals surface area (Å²) in [7, 11) is 0. The van der Waals surface area contributed by atoms with Crippen LogP contribution < -0.4 is 5.32 Å². The Bertz CT molecular complexity index is 492. The van der Waals surface area contributed by atoms with Crippen LogP contribution in [0.2, 0.25) is 0 Å². The number of carboxylic acid groups (broad SMARTS) is 1. The van der Waals surface area contributed by atoms with E-state index in [1.807, 2.05) is 12.1 Å². The quantitative estimate of drug-likeness (QED) is 0.847. The van der Waals surface area contributed by atoms with E-state index >= 15 is 0 Å². The van der Waals surface area contributed by atoms with Gasteiger partial charge in [0.2, 0.25) is 0 Å². The Kier molecular flexibility index (Phi) is 5.42. The molecule has 20 heavy (non-hydrogen) atoms. The Balaban J connectivity index is 1.69. The number of amides is 2. The molecular formula is C13H17BrN2O3S. The minimum absolute atomic E-state index is 0.0893. The van der Waals surface area contributed by atoms with Gasteiger partial charge in [0.25, 0.3) is 0 Å². The van der Waals surface area contributed by atoms with Crippen LogP contribution in [-0.2, 0) is 11.2 Å². The van der Waals surface area contributed by atoms with Gasteiger partial charge in [0.15, 0.2) is 0 Å². The molecule has 0 aromatic carbocycles. The van der Waals surface area contributed by atoms with Crippen molar-refractivity contribution >= 4 is 39.3 Å². The molecule has 0 aliphatic carbocycles. The zero-order valence-electron chi connectivity index (χ0n) is 11.0. The molecule has 2 rings (SSSR count). The summed E-state index contributed by atoms with van der Waals surface area (Å²) in [4.78, 5) is 25.5. The number of carbonyl (C=O) groups is 2. The second-order valence-electron chi connectivity index (χ2n) is 4.89. The number of aliphatic carboxylic acids is 1. The highest BCUT2D eigenvalue weighted by molar-refractivity contribution is 9.11. The van der Waals surface area contributed by atoms with E-state index in [9.17, 15) is 9.59 Å². The van der Waals surface area contributed by atoms with E-state index in [2.05, 4.69) is 21.2 Å². The minimum atomic E-state index is -0.791. The van der Waals surface area contributed by atoms with Crippen LogP contribution in [0.5, 0.6) is 0 Å². The molecule has 1 aliphatic heterocycles. The molecule has 2 amide bonds. The first kappa shape index (κ1) is 15.3. The molecule has 110 valence electrons. The molecule has 5 nitrogen and oxygen atoms in total. The van der Waals surface area contributed by atoms with Gasteiger partial charge in [0.05, 0.1) is 3.79 Å². The van der Waals surface area contributed by atoms with Crippen molar-refractivity contribution in [3.63, 3.8) is 0 Å². The first-order valence-corrected chi connectivity index (χ1v) is 8.14. The molecule has 1 atom stereocenters. The number of likely N-dealkylation sites (tertiary alicyclic amines) is 1. The number of urea groups is 1. The average Bonchev–Trinajstić information content (AvgIpc) is 2.98. The van der Waals surface area contributed by atoms with E-state index < -0.39 is 5.97 Å². The number of nitrogens with zero attached hydrogens (tertiary/aromatic N) is 1. The molecule has 2 heterocycles. The predicted molar refractivity (Wildman–Crippen MR) is 81.1 cm³/mol. The Hall–Kier alpha value is -1.08. The van der Waals surface area contributed by atoms with Crippen molar-refractivity contribution in [1.82, 2.24) is 10.2 Å². The fourth-order valence-electron chi connectivity index (χ4n) is 2.32. The van der Waals surface area contributed by atoms with Crippen LogP contribution >= 0.6 is 27.3 Å². The normalized spacial score (nSPS) is 18.2. The summed E-state index contributed by atoms with van der Waals surface area (Å²) in [6.07, 6.45) is 1.74. The number of thiophene rings is 1. The number of nitrogens with one attached hydrogen (secondary N) is 1. The highest BCUT2D eigenvalue weighted by Gasteiger charge is 2.27. The summed E-state index contributed by atoms with van der Waals surface area (Å²) >= 11 is 5.07. The van der Waals surface area contributed by atoms with Crippen molar-refractivity contribution in [3.8, 4) is 0 Å². The zero-order valence-corrected chi connectivity index (χ0v) is 13.4. The van der Waals surface area contributed by atoms with Gasteiger partial charge in [0, 0.05) is 30.9 Å². The second kappa shape index (κ2) is 7.08. The summed E-state index contributed by atoms with van der Waals surface area (Å²) in [5.41, 5.74) is 0. The first-order chi connectivity index (χ1) is 9.54. The lowest BCUT2D eigenvalue weighted by Crippen LogP contribution is -2.39. The summed E-state index contributed by atoms with van der Waals surface area (Å²) in [6, 6.07) is 3.95. The van der Waals surface area contributed by atoms with E-state index in [0.717, 1.165) is 16.6 Å². The van der Waals surface area contributed by atoms with Gasteiger partial charge in [-0.05, 0) is 46.8 Å². The van der Waals surface area contributed by atoms with Crippen molar-refractivity contribution < 1.29 is 14.7 Å². The van der Waals surface area contributed by atoms with Gasteiger partial charge in [-0.25, -0.2) is 4.79 Å². The fraction of sp³-hybridized carbons (Fsp3) is 0.538. The maximum absolute atomic E-state index is 11.9. The van der Waals surface area contributed by atoms with Crippen LogP contribution in [0.1, 0.15) is 17.7 Å². The molecule has 0 bridgehead atoms. The molecule has 0 saturated carbocycles. The smallest absolute Gasteiger partial charge is 0.317 e. The fourth-order valence-corrected chi connectivity index (χ4v) is 3.80. The number of carboxylic acids is 1. The van der Waals surface area contributed by atoms with E-state index in [1.165, 1.54) is 4.88 Å². The van der Waals surface area contributed by atoms with Gasteiger partial charge in [-0.3, -0.25) is 4.79 Å². The lowest BCUT2D eigenvalue weighted by molar-refractivity contribution is -0.138. The second-order valence-corrected chi connectivity index (χ2v) is 7.43. The average molecular weight is 361 g/mol. The van der Waals surface area contributed by atoms with E-state index in [0.29, 0.717) is 19.6 Å². The number of hydrogen-bond donors (Lipinski definition) is 2. The molecule has 0 spiro atoms. The Morgan fingerprint density at radius 3 is 2.95 bits per heavy atom. The molecule has 1 unspecified atom stereocenters. The van der Waals surface area contributed by atoms with Gasteiger partial charge in [-0.2, -0.15) is 0 Å². The highest BCUT2D eigenvalue weighted by atomic mass is 79.9. The third kappa shape index (κ3) is 4.49. The van der Waals surface area contributed by atoms with Crippen molar-refractivity contribution in [2.45, 2.75) is 19.3 Å². The molecule has 1 saturated heterocycles. The monoisotopic (exact) mass is 360 g/mol. The van der Waals surface area contributed by atoms with Crippen LogP contribution in [0.3, 0.4) is 0 Å². The number of carbonyl (C=O) groups excluding carboxylic acids is 1. The molecule has 1 aliphatic rings. The number of halogens is 1. The van der Waals surface area contributed by atoms with Crippen molar-refractivity contribution in [2.24, 2.45) is 5.92 Å². The van der Waals surface area contributed by atoms with Crippen LogP contribution in [0, 0.1) is 5.92 Å². The van der Waals surface area contributed by atoms with Crippen molar-refractivity contribution in [2.75, 3.05) is 19.6 Å². The maximum Gasteiger partial charge on any atom is 0.317 e. The van der Waals surface area contributed by atoms with Gasteiger partial charge < -0.3 is 15.3 Å². The lowest BCUT2D eigenvalue weighted by Gasteiger charge is -2.16. The molecule has 0 radical (unpaired) electrons. The Morgan fingerprint density at radius 2 is 2.30 bits per heavy atom. The molecule has 1 aromatic rings. The van der Waals surface area contributed by atoms with Crippen LogP contribution in [0.4, 0.5) is 4.79 Å². The molecule has 2 N–H and O–H groups in total. The maximum atomic E-state index is 11.9. The number of hydrogen-bond acceptors (Lipinski definition) is 3. The Morgan fingerprint density at radius 1 is 1.50 bits per heavy atom. The highest BCUT2D eigenvalue weighted by Crippen LogP contribution is 2.22. The zero-order chi connectivity index (χ0) is 14.5. The minimum Gasteiger partial charge on any atom is -0.481 e. The van der Waals surface area contributed by atoms with Gasteiger partial charge in [0.1, 0.15) is 0 Å². The largest absolute Gasteiger partial charge is 0.481 e.